The molecule has 2 aromatic rings. The number of fused-ring (bicyclic) bond motifs is 5. The normalized spacial score (nSPS) is 33.1. The second kappa shape index (κ2) is 15.7. The highest BCUT2D eigenvalue weighted by Gasteiger charge is 2.78. The number of benzene rings is 2. The van der Waals surface area contributed by atoms with E-state index in [0.29, 0.717) is 11.3 Å². The number of esters is 3. The summed E-state index contributed by atoms with van der Waals surface area (Å²) in [4.78, 5) is 56.6. The van der Waals surface area contributed by atoms with Crippen molar-refractivity contribution in [3.05, 3.63) is 76.9 Å². The lowest BCUT2D eigenvalue weighted by Crippen LogP contribution is -2.82. The Kier molecular flexibility index (Phi) is 11.8. The lowest BCUT2D eigenvalue weighted by Gasteiger charge is -2.68. The van der Waals surface area contributed by atoms with Crippen LogP contribution in [0.15, 0.2) is 65.7 Å². The molecule has 3 fully saturated rings. The first-order valence-corrected chi connectivity index (χ1v) is 22.7. The predicted molar refractivity (Wildman–Crippen MR) is 212 cm³/mol. The van der Waals surface area contributed by atoms with Crippen LogP contribution in [0.4, 0.5) is 0 Å². The molecule has 13 heteroatoms. The number of carbonyl (C=O) groups excluding carboxylic acids is 4. The summed E-state index contributed by atoms with van der Waals surface area (Å²) in [6, 6.07) is 18.3. The highest BCUT2D eigenvalue weighted by molar-refractivity contribution is 6.73. The molecule has 1 heterocycles. The quantitative estimate of drug-likeness (QED) is 0.107. The first kappa shape index (κ1) is 42.7. The minimum absolute atomic E-state index is 0.110. The summed E-state index contributed by atoms with van der Waals surface area (Å²) in [6.45, 7) is 15.5. The SMILES string of the molecule is CC[Si](CC)(CC)O[C@H]1C[C@H]2OC[C@@]2(OC(C)=O)[C@H]2[C@H](OC(=O)c3cccc(OCc4ccccc4)c3)[C@]3(O)C[C@H](O)C(C)=C([C@@H](OC(C)=O)C(=O)[C@]12C)C3(C)C. The van der Waals surface area contributed by atoms with Crippen LogP contribution in [0.2, 0.25) is 18.1 Å². The molecule has 0 aromatic heterocycles. The van der Waals surface area contributed by atoms with E-state index in [2.05, 4.69) is 20.8 Å². The standard InChI is InChI=1S/C44H58O12Si/c1-10-57(11-2,12-3)56-33-22-34-43(25-52-34,55-28(6)46)37-39(54-40(49)30-19-16-20-31(21-30)51-24-29-17-14-13-15-18-29)44(50)23-32(47)26(4)35(41(44,7)8)36(53-27(5)45)38(48)42(33,37)9/h13-21,32-34,36-37,39,47,50H,10-12,22-25H2,1-9H3/t32-,33-,34+,36+,37-,39-,42+,43-,44+/m0/s1. The van der Waals surface area contributed by atoms with E-state index in [9.17, 15) is 24.6 Å². The first-order valence-electron chi connectivity index (χ1n) is 20.1. The summed E-state index contributed by atoms with van der Waals surface area (Å²) in [6.07, 6.45) is -6.32. The molecule has 6 rings (SSSR count). The first-order chi connectivity index (χ1) is 26.8. The van der Waals surface area contributed by atoms with E-state index in [1.165, 1.54) is 13.8 Å². The zero-order valence-corrected chi connectivity index (χ0v) is 35.6. The van der Waals surface area contributed by atoms with Gasteiger partial charge in [-0.15, -0.1) is 0 Å². The van der Waals surface area contributed by atoms with Gasteiger partial charge in [0.05, 0.1) is 35.7 Å². The molecule has 0 amide bonds. The largest absolute Gasteiger partial charge is 0.489 e. The Balaban J connectivity index is 1.58. The van der Waals surface area contributed by atoms with Crippen molar-refractivity contribution in [3.8, 4) is 5.75 Å². The number of aliphatic hydroxyl groups excluding tert-OH is 1. The summed E-state index contributed by atoms with van der Waals surface area (Å²) >= 11 is 0. The molecule has 1 aliphatic heterocycles. The zero-order valence-electron chi connectivity index (χ0n) is 34.6. The van der Waals surface area contributed by atoms with Crippen molar-refractivity contribution in [2.24, 2.45) is 16.7 Å². The fourth-order valence-electron chi connectivity index (χ4n) is 10.2. The Bertz CT molecular complexity index is 1900. The minimum Gasteiger partial charge on any atom is -0.489 e. The van der Waals surface area contributed by atoms with Gasteiger partial charge in [-0.25, -0.2) is 4.79 Å². The van der Waals surface area contributed by atoms with Gasteiger partial charge in [0.1, 0.15) is 30.2 Å². The lowest BCUT2D eigenvalue weighted by atomic mass is 9.44. The molecule has 0 radical (unpaired) electrons. The zero-order chi connectivity index (χ0) is 41.7. The fourth-order valence-corrected chi connectivity index (χ4v) is 13.2. The number of Topliss-reactive ketones (excluding diaryl/α,β-unsaturated/α-hetero) is 1. The summed E-state index contributed by atoms with van der Waals surface area (Å²) in [5.41, 5.74) is -5.26. The van der Waals surface area contributed by atoms with Gasteiger partial charge in [-0.05, 0) is 66.9 Å². The van der Waals surface area contributed by atoms with Crippen LogP contribution in [0.25, 0.3) is 0 Å². The number of ketones is 1. The molecule has 9 atom stereocenters. The molecule has 310 valence electrons. The molecule has 4 aliphatic rings. The van der Waals surface area contributed by atoms with Crippen LogP contribution < -0.4 is 4.74 Å². The molecule has 0 spiro atoms. The second-order valence-electron chi connectivity index (χ2n) is 17.0. The van der Waals surface area contributed by atoms with E-state index < -0.39 is 90.5 Å². The number of rotatable bonds is 12. The van der Waals surface area contributed by atoms with Crippen LogP contribution >= 0.6 is 0 Å². The molecule has 2 aromatic carbocycles. The van der Waals surface area contributed by atoms with Crippen LogP contribution in [0, 0.1) is 16.7 Å². The van der Waals surface area contributed by atoms with E-state index in [4.69, 9.17) is 28.1 Å². The van der Waals surface area contributed by atoms with Crippen molar-refractivity contribution in [2.75, 3.05) is 6.61 Å². The molecule has 1 saturated heterocycles. The van der Waals surface area contributed by atoms with Crippen molar-refractivity contribution in [2.45, 2.75) is 142 Å². The number of ether oxygens (including phenoxy) is 5. The van der Waals surface area contributed by atoms with Crippen molar-refractivity contribution in [3.63, 3.8) is 0 Å². The van der Waals surface area contributed by atoms with Gasteiger partial charge in [-0.1, -0.05) is 71.0 Å². The highest BCUT2D eigenvalue weighted by atomic mass is 28.4. The molecular formula is C44H58O12Si. The summed E-state index contributed by atoms with van der Waals surface area (Å²) in [5, 5.41) is 25.2. The van der Waals surface area contributed by atoms with Crippen molar-refractivity contribution in [1.82, 2.24) is 0 Å². The van der Waals surface area contributed by atoms with Crippen LogP contribution in [0.3, 0.4) is 0 Å². The van der Waals surface area contributed by atoms with Crippen LogP contribution in [-0.4, -0.2) is 90.6 Å². The van der Waals surface area contributed by atoms with Gasteiger partial charge in [-0.3, -0.25) is 14.4 Å². The van der Waals surface area contributed by atoms with Crippen LogP contribution in [0.5, 0.6) is 5.75 Å². The number of hydrogen-bond acceptors (Lipinski definition) is 12. The van der Waals surface area contributed by atoms with Crippen molar-refractivity contribution in [1.29, 1.82) is 0 Å². The number of carbonyl (C=O) groups is 4. The molecule has 2 saturated carbocycles. The summed E-state index contributed by atoms with van der Waals surface area (Å²) < 4.78 is 38.3. The van der Waals surface area contributed by atoms with Gasteiger partial charge in [0.15, 0.2) is 25.8 Å². The van der Waals surface area contributed by atoms with Crippen LogP contribution in [-0.2, 0) is 44.4 Å². The molecule has 57 heavy (non-hydrogen) atoms. The summed E-state index contributed by atoms with van der Waals surface area (Å²) in [7, 11) is -2.53. The van der Waals surface area contributed by atoms with Gasteiger partial charge in [-0.2, -0.15) is 0 Å². The monoisotopic (exact) mass is 806 g/mol. The smallest absolute Gasteiger partial charge is 0.338 e. The summed E-state index contributed by atoms with van der Waals surface area (Å²) in [5.74, 6) is -3.69. The number of hydrogen-bond donors (Lipinski definition) is 2. The average molecular weight is 807 g/mol. The molecule has 3 aliphatic carbocycles. The highest BCUT2D eigenvalue weighted by Crippen LogP contribution is 2.65. The third kappa shape index (κ3) is 7.07. The Hall–Kier alpha value is -3.88. The second-order valence-corrected chi connectivity index (χ2v) is 21.8. The predicted octanol–water partition coefficient (Wildman–Crippen LogP) is 6.26. The van der Waals surface area contributed by atoms with E-state index in [1.54, 1.807) is 52.0 Å². The van der Waals surface area contributed by atoms with E-state index in [0.717, 1.165) is 23.7 Å². The molecular weight excluding hydrogens is 749 g/mol. The van der Waals surface area contributed by atoms with Gasteiger partial charge < -0.3 is 38.3 Å². The third-order valence-corrected chi connectivity index (χ3v) is 18.5. The van der Waals surface area contributed by atoms with Gasteiger partial charge in [0, 0.05) is 32.1 Å². The molecule has 2 N–H and O–H groups in total. The topological polar surface area (TPSA) is 164 Å². The fraction of sp³-hybridized carbons (Fsp3) is 0.591. The van der Waals surface area contributed by atoms with E-state index in [1.807, 2.05) is 30.3 Å². The van der Waals surface area contributed by atoms with Gasteiger partial charge in [0.25, 0.3) is 0 Å². The van der Waals surface area contributed by atoms with E-state index in [-0.39, 0.29) is 37.2 Å². The van der Waals surface area contributed by atoms with Gasteiger partial charge >= 0.3 is 17.9 Å². The Morgan fingerprint density at radius 2 is 1.60 bits per heavy atom. The molecule has 12 nitrogen and oxygen atoms in total. The average Bonchev–Trinajstić information content (AvgIpc) is 3.17. The maximum atomic E-state index is 15.9. The Morgan fingerprint density at radius 1 is 0.930 bits per heavy atom. The maximum Gasteiger partial charge on any atom is 0.338 e. The molecule has 0 unspecified atom stereocenters. The van der Waals surface area contributed by atoms with E-state index >= 15 is 4.79 Å². The third-order valence-electron chi connectivity index (χ3n) is 13.8. The van der Waals surface area contributed by atoms with Gasteiger partial charge in [0.2, 0.25) is 0 Å². The Morgan fingerprint density at radius 3 is 2.18 bits per heavy atom. The maximum absolute atomic E-state index is 15.9. The van der Waals surface area contributed by atoms with Crippen molar-refractivity contribution < 1.29 is 57.5 Å². The lowest BCUT2D eigenvalue weighted by molar-refractivity contribution is -0.344. The number of aliphatic hydroxyl groups is 2. The van der Waals surface area contributed by atoms with Crippen LogP contribution in [0.1, 0.15) is 91.1 Å². The Labute approximate surface area is 336 Å². The minimum atomic E-state index is -2.53. The molecule has 2 bridgehead atoms. The van der Waals surface area contributed by atoms with Crippen molar-refractivity contribution >= 4 is 32.0 Å².